The summed E-state index contributed by atoms with van der Waals surface area (Å²) in [6, 6.07) is 8.09. The van der Waals surface area contributed by atoms with Gasteiger partial charge in [-0.1, -0.05) is 0 Å². The third kappa shape index (κ3) is 5.16. The summed E-state index contributed by atoms with van der Waals surface area (Å²) in [6.45, 7) is 5.83. The third-order valence-corrected chi connectivity index (χ3v) is 4.70. The first kappa shape index (κ1) is 18.2. The molecule has 1 fully saturated rings. The average Bonchev–Trinajstić information content (AvgIpc) is 3.06. The van der Waals surface area contributed by atoms with Crippen molar-refractivity contribution in [2.75, 3.05) is 39.5 Å². The number of rotatable bonds is 6. The fraction of sp³-hybridized carbons (Fsp3) is 0.438. The lowest BCUT2D eigenvalue weighted by atomic mass is 10.2. The van der Waals surface area contributed by atoms with Crippen LogP contribution in [0.4, 0.5) is 0 Å². The number of ether oxygens (including phenoxy) is 2. The molecule has 0 bridgehead atoms. The maximum atomic E-state index is 5.81. The van der Waals surface area contributed by atoms with Crippen molar-refractivity contribution in [3.8, 4) is 16.3 Å². The number of thiazole rings is 1. The molecule has 3 rings (SSSR count). The fourth-order valence-corrected chi connectivity index (χ4v) is 3.14. The van der Waals surface area contributed by atoms with Crippen LogP contribution in [0.2, 0.25) is 0 Å². The summed E-state index contributed by atoms with van der Waals surface area (Å²) in [7, 11) is 0. The minimum atomic E-state index is 0. The van der Waals surface area contributed by atoms with Crippen LogP contribution in [0.25, 0.3) is 10.6 Å². The molecule has 1 aliphatic heterocycles. The molecule has 5 nitrogen and oxygen atoms in total. The van der Waals surface area contributed by atoms with E-state index < -0.39 is 0 Å². The molecule has 2 N–H and O–H groups in total. The molecule has 0 amide bonds. The largest absolute Gasteiger partial charge is 0.492 e. The lowest BCUT2D eigenvalue weighted by Crippen LogP contribution is -2.38. The molecule has 2 heterocycles. The molecule has 0 unspecified atom stereocenters. The van der Waals surface area contributed by atoms with Crippen molar-refractivity contribution in [1.29, 1.82) is 0 Å². The molecule has 0 aliphatic carbocycles. The second-order valence-corrected chi connectivity index (χ2v) is 6.28. The van der Waals surface area contributed by atoms with Gasteiger partial charge in [-0.3, -0.25) is 4.90 Å². The Bertz CT molecular complexity index is 585. The van der Waals surface area contributed by atoms with E-state index in [2.05, 4.69) is 9.88 Å². The molecule has 1 aliphatic rings. The van der Waals surface area contributed by atoms with Crippen LogP contribution in [-0.2, 0) is 11.3 Å². The molecule has 1 saturated heterocycles. The van der Waals surface area contributed by atoms with E-state index in [0.29, 0.717) is 13.2 Å². The Hall–Kier alpha value is -1.18. The average molecular weight is 356 g/mol. The molecule has 126 valence electrons. The highest BCUT2D eigenvalue weighted by atomic mass is 35.5. The van der Waals surface area contributed by atoms with E-state index in [0.717, 1.165) is 54.0 Å². The Morgan fingerprint density at radius 1 is 1.22 bits per heavy atom. The highest BCUT2D eigenvalue weighted by Crippen LogP contribution is 2.26. The molecule has 0 radical (unpaired) electrons. The van der Waals surface area contributed by atoms with Gasteiger partial charge in [0, 0.05) is 42.8 Å². The highest BCUT2D eigenvalue weighted by molar-refractivity contribution is 7.15. The van der Waals surface area contributed by atoms with Crippen LogP contribution in [-0.4, -0.2) is 49.3 Å². The van der Waals surface area contributed by atoms with E-state index in [1.165, 1.54) is 0 Å². The van der Waals surface area contributed by atoms with Crippen LogP contribution < -0.4 is 10.5 Å². The molecule has 2 aromatic rings. The molecule has 7 heteroatoms. The number of nitrogens with two attached hydrogens (primary N) is 1. The predicted octanol–water partition coefficient (Wildman–Crippen LogP) is 2.40. The number of morpholine rings is 1. The van der Waals surface area contributed by atoms with Crippen LogP contribution in [0, 0.1) is 0 Å². The van der Waals surface area contributed by atoms with Gasteiger partial charge in [-0.15, -0.1) is 23.7 Å². The van der Waals surface area contributed by atoms with Crippen molar-refractivity contribution in [2.45, 2.75) is 6.54 Å². The van der Waals surface area contributed by atoms with E-state index in [1.54, 1.807) is 11.3 Å². The lowest BCUT2D eigenvalue weighted by molar-refractivity contribution is 0.0322. The first-order valence-electron chi connectivity index (χ1n) is 7.53. The molecule has 0 saturated carbocycles. The van der Waals surface area contributed by atoms with E-state index in [-0.39, 0.29) is 12.4 Å². The Morgan fingerprint density at radius 2 is 1.96 bits per heavy atom. The number of halogens is 1. The van der Waals surface area contributed by atoms with Crippen molar-refractivity contribution in [3.63, 3.8) is 0 Å². The zero-order valence-corrected chi connectivity index (χ0v) is 14.6. The molecule has 0 atom stereocenters. The fourth-order valence-electron chi connectivity index (χ4n) is 2.35. The van der Waals surface area contributed by atoms with Gasteiger partial charge in [0.15, 0.2) is 0 Å². The third-order valence-electron chi connectivity index (χ3n) is 3.64. The Balaban J connectivity index is 0.00000192. The SMILES string of the molecule is Cl.NCc1cnc(-c2ccc(OCCN3CCOCC3)cc2)s1. The van der Waals surface area contributed by atoms with Crippen LogP contribution >= 0.6 is 23.7 Å². The van der Waals surface area contributed by atoms with E-state index >= 15 is 0 Å². The van der Waals surface area contributed by atoms with Crippen molar-refractivity contribution < 1.29 is 9.47 Å². The van der Waals surface area contributed by atoms with Gasteiger partial charge in [0.1, 0.15) is 17.4 Å². The summed E-state index contributed by atoms with van der Waals surface area (Å²) >= 11 is 1.63. The summed E-state index contributed by atoms with van der Waals surface area (Å²) in [4.78, 5) is 7.85. The zero-order chi connectivity index (χ0) is 15.2. The van der Waals surface area contributed by atoms with Crippen LogP contribution in [0.5, 0.6) is 5.75 Å². The van der Waals surface area contributed by atoms with Crippen molar-refractivity contribution in [1.82, 2.24) is 9.88 Å². The number of benzene rings is 1. The summed E-state index contributed by atoms with van der Waals surface area (Å²) < 4.78 is 11.1. The minimum Gasteiger partial charge on any atom is -0.492 e. The molecule has 1 aromatic heterocycles. The van der Waals surface area contributed by atoms with E-state index in [4.69, 9.17) is 15.2 Å². The number of nitrogens with zero attached hydrogens (tertiary/aromatic N) is 2. The summed E-state index contributed by atoms with van der Waals surface area (Å²) in [5, 5.41) is 1.00. The van der Waals surface area contributed by atoms with Crippen LogP contribution in [0.15, 0.2) is 30.5 Å². The monoisotopic (exact) mass is 355 g/mol. The second-order valence-electron chi connectivity index (χ2n) is 5.16. The van der Waals surface area contributed by atoms with E-state index in [9.17, 15) is 0 Å². The topological polar surface area (TPSA) is 60.6 Å². The van der Waals surface area contributed by atoms with Gasteiger partial charge in [-0.05, 0) is 24.3 Å². The first-order valence-corrected chi connectivity index (χ1v) is 8.35. The van der Waals surface area contributed by atoms with Crippen molar-refractivity contribution in [2.24, 2.45) is 5.73 Å². The quantitative estimate of drug-likeness (QED) is 0.862. The van der Waals surface area contributed by atoms with Gasteiger partial charge in [0.25, 0.3) is 0 Å². The molecule has 0 spiro atoms. The second kappa shape index (κ2) is 9.20. The molecule has 23 heavy (non-hydrogen) atoms. The van der Waals surface area contributed by atoms with Crippen LogP contribution in [0.3, 0.4) is 0 Å². The molecular weight excluding hydrogens is 334 g/mol. The van der Waals surface area contributed by atoms with Crippen molar-refractivity contribution in [3.05, 3.63) is 35.3 Å². The lowest BCUT2D eigenvalue weighted by Gasteiger charge is -2.26. The Kier molecular flexibility index (Phi) is 7.26. The van der Waals surface area contributed by atoms with Gasteiger partial charge < -0.3 is 15.2 Å². The van der Waals surface area contributed by atoms with Gasteiger partial charge in [-0.25, -0.2) is 4.98 Å². The maximum absolute atomic E-state index is 5.81. The maximum Gasteiger partial charge on any atom is 0.123 e. The number of hydrogen-bond donors (Lipinski definition) is 1. The summed E-state index contributed by atoms with van der Waals surface area (Å²) in [6.07, 6.45) is 1.84. The van der Waals surface area contributed by atoms with Crippen LogP contribution in [0.1, 0.15) is 4.88 Å². The highest BCUT2D eigenvalue weighted by Gasteiger charge is 2.10. The number of hydrogen-bond acceptors (Lipinski definition) is 6. The van der Waals surface area contributed by atoms with Crippen molar-refractivity contribution >= 4 is 23.7 Å². The standard InChI is InChI=1S/C16H21N3O2S.ClH/c17-11-15-12-18-16(22-15)13-1-3-14(4-2-13)21-10-7-19-5-8-20-9-6-19;/h1-4,12H,5-11,17H2;1H. The smallest absolute Gasteiger partial charge is 0.123 e. The Labute approximate surface area is 146 Å². The summed E-state index contributed by atoms with van der Waals surface area (Å²) in [5.74, 6) is 0.896. The zero-order valence-electron chi connectivity index (χ0n) is 12.9. The Morgan fingerprint density at radius 3 is 2.61 bits per heavy atom. The molecular formula is C16H22ClN3O2S. The van der Waals surface area contributed by atoms with Gasteiger partial charge in [0.05, 0.1) is 13.2 Å². The number of aromatic nitrogens is 1. The molecule has 1 aromatic carbocycles. The van der Waals surface area contributed by atoms with E-state index in [1.807, 2.05) is 30.5 Å². The predicted molar refractivity (Wildman–Crippen MR) is 95.4 cm³/mol. The first-order chi connectivity index (χ1) is 10.8. The van der Waals surface area contributed by atoms with Gasteiger partial charge >= 0.3 is 0 Å². The van der Waals surface area contributed by atoms with Gasteiger partial charge in [-0.2, -0.15) is 0 Å². The minimum absolute atomic E-state index is 0. The van der Waals surface area contributed by atoms with Gasteiger partial charge in [0.2, 0.25) is 0 Å². The summed E-state index contributed by atoms with van der Waals surface area (Å²) in [5.41, 5.74) is 6.72. The normalized spacial score (nSPS) is 15.2.